The highest BCUT2D eigenvalue weighted by molar-refractivity contribution is 4.98. The summed E-state index contributed by atoms with van der Waals surface area (Å²) in [6, 6.07) is 0.764. The fourth-order valence-corrected chi connectivity index (χ4v) is 2.53. The van der Waals surface area contributed by atoms with Gasteiger partial charge in [-0.3, -0.25) is 4.90 Å². The smallest absolute Gasteiger partial charge is 0.0950 e. The van der Waals surface area contributed by atoms with Crippen LogP contribution in [-0.2, 0) is 13.1 Å². The molecule has 90 valence electrons. The average molecular weight is 222 g/mol. The molecule has 1 aliphatic heterocycles. The normalized spacial score (nSPS) is 21.8. The van der Waals surface area contributed by atoms with Gasteiger partial charge in [-0.2, -0.15) is 0 Å². The summed E-state index contributed by atoms with van der Waals surface area (Å²) >= 11 is 0. The van der Waals surface area contributed by atoms with Crippen LogP contribution in [0.1, 0.15) is 31.9 Å². The molecule has 0 aromatic carbocycles. The Bertz CT molecular complexity index is 321. The molecule has 16 heavy (non-hydrogen) atoms. The van der Waals surface area contributed by atoms with Crippen LogP contribution in [0, 0.1) is 0 Å². The Kier molecular flexibility index (Phi) is 3.96. The predicted octanol–water partition coefficient (Wildman–Crippen LogP) is 1.22. The van der Waals surface area contributed by atoms with Crippen LogP contribution in [0.5, 0.6) is 0 Å². The van der Waals surface area contributed by atoms with Crippen molar-refractivity contribution in [1.29, 1.82) is 0 Å². The van der Waals surface area contributed by atoms with E-state index in [0.29, 0.717) is 6.54 Å². The molecule has 0 amide bonds. The van der Waals surface area contributed by atoms with Gasteiger partial charge in [0.2, 0.25) is 0 Å². The summed E-state index contributed by atoms with van der Waals surface area (Å²) in [7, 11) is 0. The standard InChI is InChI=1S/C12H22N4/c1-2-12-4-3-6-16(12)9-11-8-15(7-5-13)10-14-11/h8,10,12H,2-7,9,13H2,1H3. The first-order valence-electron chi connectivity index (χ1n) is 6.28. The second-order valence-electron chi connectivity index (χ2n) is 4.57. The maximum atomic E-state index is 5.52. The van der Waals surface area contributed by atoms with Gasteiger partial charge in [-0.05, 0) is 25.8 Å². The molecule has 2 N–H and O–H groups in total. The van der Waals surface area contributed by atoms with Crippen LogP contribution in [0.4, 0.5) is 0 Å². The minimum absolute atomic E-state index is 0.678. The molecule has 1 aromatic rings. The third-order valence-electron chi connectivity index (χ3n) is 3.41. The Hall–Kier alpha value is -0.870. The molecular weight excluding hydrogens is 200 g/mol. The van der Waals surface area contributed by atoms with Crippen molar-refractivity contribution in [3.8, 4) is 0 Å². The zero-order valence-electron chi connectivity index (χ0n) is 10.1. The van der Waals surface area contributed by atoms with Crippen molar-refractivity contribution in [2.24, 2.45) is 5.73 Å². The molecule has 0 spiro atoms. The molecule has 0 aliphatic carbocycles. The minimum Gasteiger partial charge on any atom is -0.336 e. The third kappa shape index (κ3) is 2.62. The summed E-state index contributed by atoms with van der Waals surface area (Å²) in [6.45, 7) is 6.04. The molecule has 1 fully saturated rings. The van der Waals surface area contributed by atoms with Gasteiger partial charge in [-0.15, -0.1) is 0 Å². The highest BCUT2D eigenvalue weighted by Gasteiger charge is 2.23. The molecule has 0 saturated carbocycles. The molecule has 1 unspecified atom stereocenters. The van der Waals surface area contributed by atoms with Gasteiger partial charge in [0.1, 0.15) is 0 Å². The summed E-state index contributed by atoms with van der Waals surface area (Å²) in [5, 5.41) is 0. The van der Waals surface area contributed by atoms with Crippen LogP contribution in [0.15, 0.2) is 12.5 Å². The lowest BCUT2D eigenvalue weighted by Crippen LogP contribution is -2.28. The molecule has 1 saturated heterocycles. The van der Waals surface area contributed by atoms with Crippen LogP contribution in [-0.4, -0.2) is 33.6 Å². The summed E-state index contributed by atoms with van der Waals surface area (Å²) in [4.78, 5) is 6.98. The first kappa shape index (κ1) is 11.6. The number of hydrogen-bond donors (Lipinski definition) is 1. The monoisotopic (exact) mass is 222 g/mol. The Morgan fingerprint density at radius 1 is 1.56 bits per heavy atom. The topological polar surface area (TPSA) is 47.1 Å². The fraction of sp³-hybridized carbons (Fsp3) is 0.750. The van der Waals surface area contributed by atoms with E-state index in [1.165, 1.54) is 31.5 Å². The van der Waals surface area contributed by atoms with Crippen molar-refractivity contribution in [1.82, 2.24) is 14.5 Å². The van der Waals surface area contributed by atoms with E-state index in [9.17, 15) is 0 Å². The van der Waals surface area contributed by atoms with E-state index in [1.54, 1.807) is 0 Å². The lowest BCUT2D eigenvalue weighted by atomic mass is 10.2. The van der Waals surface area contributed by atoms with Crippen molar-refractivity contribution in [2.45, 2.75) is 45.3 Å². The highest BCUT2D eigenvalue weighted by Crippen LogP contribution is 2.21. The first-order chi connectivity index (χ1) is 7.83. The first-order valence-corrected chi connectivity index (χ1v) is 6.28. The molecule has 2 heterocycles. The van der Waals surface area contributed by atoms with Crippen LogP contribution < -0.4 is 5.73 Å². The zero-order chi connectivity index (χ0) is 11.4. The van der Waals surface area contributed by atoms with E-state index >= 15 is 0 Å². The third-order valence-corrected chi connectivity index (χ3v) is 3.41. The quantitative estimate of drug-likeness (QED) is 0.814. The Labute approximate surface area is 97.4 Å². The largest absolute Gasteiger partial charge is 0.336 e. The van der Waals surface area contributed by atoms with Gasteiger partial charge < -0.3 is 10.3 Å². The van der Waals surface area contributed by atoms with E-state index in [2.05, 4.69) is 27.6 Å². The van der Waals surface area contributed by atoms with Crippen molar-refractivity contribution < 1.29 is 0 Å². The Morgan fingerprint density at radius 2 is 2.44 bits per heavy atom. The van der Waals surface area contributed by atoms with Crippen molar-refractivity contribution >= 4 is 0 Å². The van der Waals surface area contributed by atoms with E-state index in [-0.39, 0.29) is 0 Å². The van der Waals surface area contributed by atoms with Crippen LogP contribution in [0.2, 0.25) is 0 Å². The maximum absolute atomic E-state index is 5.52. The van der Waals surface area contributed by atoms with E-state index in [1.807, 2.05) is 6.33 Å². The lowest BCUT2D eigenvalue weighted by Gasteiger charge is -2.21. The molecule has 2 rings (SSSR count). The van der Waals surface area contributed by atoms with Crippen LogP contribution in [0.25, 0.3) is 0 Å². The van der Waals surface area contributed by atoms with Gasteiger partial charge in [0.05, 0.1) is 12.0 Å². The highest BCUT2D eigenvalue weighted by atomic mass is 15.2. The van der Waals surface area contributed by atoms with Gasteiger partial charge in [0, 0.05) is 31.9 Å². The number of rotatable bonds is 5. The number of nitrogens with two attached hydrogens (primary N) is 1. The van der Waals surface area contributed by atoms with Gasteiger partial charge in [0.25, 0.3) is 0 Å². The lowest BCUT2D eigenvalue weighted by molar-refractivity contribution is 0.237. The summed E-state index contributed by atoms with van der Waals surface area (Å²) in [5.41, 5.74) is 6.69. The SMILES string of the molecule is CCC1CCCN1Cc1cn(CCN)cn1. The summed E-state index contributed by atoms with van der Waals surface area (Å²) in [6.07, 6.45) is 7.95. The number of hydrogen-bond acceptors (Lipinski definition) is 3. The van der Waals surface area contributed by atoms with E-state index < -0.39 is 0 Å². The molecule has 0 bridgehead atoms. The Balaban J connectivity index is 1.92. The number of likely N-dealkylation sites (tertiary alicyclic amines) is 1. The molecule has 0 radical (unpaired) electrons. The molecule has 4 nitrogen and oxygen atoms in total. The van der Waals surface area contributed by atoms with Gasteiger partial charge in [-0.25, -0.2) is 4.98 Å². The van der Waals surface area contributed by atoms with Crippen LogP contribution >= 0.6 is 0 Å². The van der Waals surface area contributed by atoms with Gasteiger partial charge in [0.15, 0.2) is 0 Å². The van der Waals surface area contributed by atoms with E-state index in [0.717, 1.165) is 19.1 Å². The van der Waals surface area contributed by atoms with Crippen molar-refractivity contribution in [3.63, 3.8) is 0 Å². The zero-order valence-corrected chi connectivity index (χ0v) is 10.1. The number of aromatic nitrogens is 2. The Morgan fingerprint density at radius 3 is 3.19 bits per heavy atom. The molecular formula is C12H22N4. The number of nitrogens with zero attached hydrogens (tertiary/aromatic N) is 3. The summed E-state index contributed by atoms with van der Waals surface area (Å²) in [5.74, 6) is 0. The summed E-state index contributed by atoms with van der Waals surface area (Å²) < 4.78 is 2.08. The second kappa shape index (κ2) is 5.46. The van der Waals surface area contributed by atoms with Crippen molar-refractivity contribution in [3.05, 3.63) is 18.2 Å². The fourth-order valence-electron chi connectivity index (χ4n) is 2.53. The minimum atomic E-state index is 0.678. The van der Waals surface area contributed by atoms with Gasteiger partial charge in [-0.1, -0.05) is 6.92 Å². The average Bonchev–Trinajstić information content (AvgIpc) is 2.89. The number of imidazole rings is 1. The van der Waals surface area contributed by atoms with Crippen molar-refractivity contribution in [2.75, 3.05) is 13.1 Å². The maximum Gasteiger partial charge on any atom is 0.0950 e. The van der Waals surface area contributed by atoms with Gasteiger partial charge >= 0.3 is 0 Å². The van der Waals surface area contributed by atoms with Crippen LogP contribution in [0.3, 0.4) is 0 Å². The van der Waals surface area contributed by atoms with E-state index in [4.69, 9.17) is 5.73 Å². The molecule has 1 atom stereocenters. The molecule has 1 aliphatic rings. The predicted molar refractivity (Wildman–Crippen MR) is 65.0 cm³/mol. The molecule has 1 aromatic heterocycles. The second-order valence-corrected chi connectivity index (χ2v) is 4.57. The molecule has 4 heteroatoms.